The summed E-state index contributed by atoms with van der Waals surface area (Å²) in [5.74, 6) is -1.85. The van der Waals surface area contributed by atoms with Gasteiger partial charge in [0, 0.05) is 22.9 Å². The van der Waals surface area contributed by atoms with Crippen LogP contribution in [0, 0.1) is 12.7 Å². The molecule has 4 aromatic rings. The van der Waals surface area contributed by atoms with Crippen LogP contribution in [-0.4, -0.2) is 31.4 Å². The van der Waals surface area contributed by atoms with Crippen LogP contribution in [0.15, 0.2) is 52.7 Å². The lowest BCUT2D eigenvalue weighted by molar-refractivity contribution is -0.105. The molecule has 30 heavy (non-hydrogen) atoms. The van der Waals surface area contributed by atoms with Gasteiger partial charge >= 0.3 is 6.18 Å². The zero-order chi connectivity index (χ0) is 21.5. The van der Waals surface area contributed by atoms with Crippen molar-refractivity contribution in [2.75, 3.05) is 5.75 Å². The predicted octanol–water partition coefficient (Wildman–Crippen LogP) is 5.01. The maximum absolute atomic E-state index is 14.6. The maximum Gasteiger partial charge on any atom is 0.398 e. The third kappa shape index (κ3) is 4.08. The zero-order valence-corrected chi connectivity index (χ0v) is 16.9. The van der Waals surface area contributed by atoms with Gasteiger partial charge < -0.3 is 0 Å². The molecule has 0 radical (unpaired) electrons. The Morgan fingerprint density at radius 2 is 2.07 bits per heavy atom. The summed E-state index contributed by atoms with van der Waals surface area (Å²) in [5, 5.41) is 0.534. The predicted molar refractivity (Wildman–Crippen MR) is 108 cm³/mol. The van der Waals surface area contributed by atoms with Crippen LogP contribution < -0.4 is 5.56 Å². The molecule has 0 saturated carbocycles. The molecule has 0 bridgehead atoms. The van der Waals surface area contributed by atoms with Crippen molar-refractivity contribution in [3.63, 3.8) is 0 Å². The first-order valence-corrected chi connectivity index (χ1v) is 10.3. The van der Waals surface area contributed by atoms with Gasteiger partial charge in [-0.2, -0.15) is 13.2 Å². The summed E-state index contributed by atoms with van der Waals surface area (Å²) >= 11 is 1.63. The van der Waals surface area contributed by atoms with E-state index in [1.165, 1.54) is 13.0 Å². The summed E-state index contributed by atoms with van der Waals surface area (Å²) in [5.41, 5.74) is 0.547. The number of halogens is 4. The standard InChI is InChI=1S/C19H12F4N4OS2/c1-10-5-12(20)13(6-14(10)29-8-19(21,22)23)27-9-25-16-15(18(27)28)30-17(26-16)11-3-2-4-24-7-11/h2-7,9H,8H2,1H3. The van der Waals surface area contributed by atoms with E-state index in [2.05, 4.69) is 15.0 Å². The molecular weight excluding hydrogens is 440 g/mol. The van der Waals surface area contributed by atoms with E-state index in [-0.39, 0.29) is 20.9 Å². The van der Waals surface area contributed by atoms with Gasteiger partial charge in [-0.25, -0.2) is 14.4 Å². The van der Waals surface area contributed by atoms with E-state index < -0.39 is 23.3 Å². The molecule has 4 rings (SSSR count). The number of fused-ring (bicyclic) bond motifs is 1. The summed E-state index contributed by atoms with van der Waals surface area (Å²) in [4.78, 5) is 25.7. The van der Waals surface area contributed by atoms with E-state index >= 15 is 0 Å². The number of alkyl halides is 3. The number of aromatic nitrogens is 4. The molecular formula is C19H12F4N4OS2. The zero-order valence-electron chi connectivity index (χ0n) is 15.3. The van der Waals surface area contributed by atoms with Crippen molar-refractivity contribution in [1.29, 1.82) is 0 Å². The highest BCUT2D eigenvalue weighted by Crippen LogP contribution is 2.32. The fourth-order valence-electron chi connectivity index (χ4n) is 2.74. The first-order chi connectivity index (χ1) is 14.2. The lowest BCUT2D eigenvalue weighted by Crippen LogP contribution is -2.19. The second-order valence-corrected chi connectivity index (χ2v) is 8.32. The van der Waals surface area contributed by atoms with Crippen molar-refractivity contribution in [3.8, 4) is 16.3 Å². The number of benzene rings is 1. The van der Waals surface area contributed by atoms with E-state index in [1.807, 2.05) is 0 Å². The number of rotatable bonds is 4. The van der Waals surface area contributed by atoms with Gasteiger partial charge in [-0.05, 0) is 36.8 Å². The van der Waals surface area contributed by atoms with E-state index in [1.54, 1.807) is 24.5 Å². The maximum atomic E-state index is 14.6. The van der Waals surface area contributed by atoms with Crippen LogP contribution in [0.2, 0.25) is 0 Å². The Kier molecular flexibility index (Phi) is 5.33. The van der Waals surface area contributed by atoms with Crippen LogP contribution in [0.25, 0.3) is 26.6 Å². The second kappa shape index (κ2) is 7.80. The van der Waals surface area contributed by atoms with Crippen molar-refractivity contribution < 1.29 is 17.6 Å². The average Bonchev–Trinajstić information content (AvgIpc) is 3.13. The van der Waals surface area contributed by atoms with Crippen molar-refractivity contribution in [2.45, 2.75) is 18.0 Å². The van der Waals surface area contributed by atoms with E-state index in [0.717, 1.165) is 28.3 Å². The average molecular weight is 452 g/mol. The minimum absolute atomic E-state index is 0.166. The largest absolute Gasteiger partial charge is 0.398 e. The fraction of sp³-hybridized carbons (Fsp3) is 0.158. The lowest BCUT2D eigenvalue weighted by atomic mass is 10.2. The summed E-state index contributed by atoms with van der Waals surface area (Å²) in [6, 6.07) is 5.86. The molecule has 0 saturated heterocycles. The molecule has 1 aromatic carbocycles. The molecule has 3 aromatic heterocycles. The van der Waals surface area contributed by atoms with Crippen LogP contribution in [0.5, 0.6) is 0 Å². The molecule has 11 heteroatoms. The quantitative estimate of drug-likeness (QED) is 0.322. The highest BCUT2D eigenvalue weighted by molar-refractivity contribution is 7.99. The van der Waals surface area contributed by atoms with Crippen LogP contribution in [0.4, 0.5) is 17.6 Å². The minimum atomic E-state index is -4.37. The van der Waals surface area contributed by atoms with E-state index in [0.29, 0.717) is 27.9 Å². The van der Waals surface area contributed by atoms with Crippen molar-refractivity contribution in [2.24, 2.45) is 0 Å². The highest BCUT2D eigenvalue weighted by atomic mass is 32.2. The highest BCUT2D eigenvalue weighted by Gasteiger charge is 2.28. The third-order valence-electron chi connectivity index (χ3n) is 4.12. The summed E-state index contributed by atoms with van der Waals surface area (Å²) in [6.07, 6.45) is -0.0334. The van der Waals surface area contributed by atoms with Gasteiger partial charge in [-0.3, -0.25) is 14.3 Å². The van der Waals surface area contributed by atoms with E-state index in [9.17, 15) is 22.4 Å². The Hall–Kier alpha value is -2.79. The van der Waals surface area contributed by atoms with Gasteiger partial charge in [0.25, 0.3) is 5.56 Å². The number of hydrogen-bond donors (Lipinski definition) is 0. The topological polar surface area (TPSA) is 60.7 Å². The van der Waals surface area contributed by atoms with Crippen LogP contribution in [-0.2, 0) is 0 Å². The molecule has 0 spiro atoms. The van der Waals surface area contributed by atoms with Gasteiger partial charge in [0.2, 0.25) is 0 Å². The molecule has 0 aliphatic heterocycles. The third-order valence-corrected chi connectivity index (χ3v) is 6.43. The smallest absolute Gasteiger partial charge is 0.267 e. The molecule has 0 fully saturated rings. The van der Waals surface area contributed by atoms with Gasteiger partial charge in [-0.15, -0.1) is 23.1 Å². The Bertz CT molecular complexity index is 1290. The minimum Gasteiger partial charge on any atom is -0.267 e. The van der Waals surface area contributed by atoms with Crippen LogP contribution >= 0.6 is 23.1 Å². The van der Waals surface area contributed by atoms with Crippen molar-refractivity contribution in [1.82, 2.24) is 19.5 Å². The molecule has 154 valence electrons. The van der Waals surface area contributed by atoms with Gasteiger partial charge in [0.05, 0.1) is 11.4 Å². The molecule has 0 N–H and O–H groups in total. The van der Waals surface area contributed by atoms with E-state index in [4.69, 9.17) is 0 Å². The Labute approximate surface area is 175 Å². The fourth-order valence-corrected chi connectivity index (χ4v) is 4.48. The van der Waals surface area contributed by atoms with Gasteiger partial charge in [0.15, 0.2) is 5.65 Å². The Morgan fingerprint density at radius 3 is 2.77 bits per heavy atom. The van der Waals surface area contributed by atoms with Crippen molar-refractivity contribution >= 4 is 33.4 Å². The molecule has 0 atom stereocenters. The number of nitrogens with zero attached hydrogens (tertiary/aromatic N) is 4. The normalized spacial score (nSPS) is 11.9. The summed E-state index contributed by atoms with van der Waals surface area (Å²) < 4.78 is 53.6. The van der Waals surface area contributed by atoms with Crippen LogP contribution in [0.1, 0.15) is 5.56 Å². The van der Waals surface area contributed by atoms with Gasteiger partial charge in [0.1, 0.15) is 21.9 Å². The molecule has 0 amide bonds. The second-order valence-electron chi connectivity index (χ2n) is 6.31. The van der Waals surface area contributed by atoms with Crippen molar-refractivity contribution in [3.05, 3.63) is 64.7 Å². The summed E-state index contributed by atoms with van der Waals surface area (Å²) in [6.45, 7) is 1.51. The number of aryl methyl sites for hydroxylation is 1. The number of thioether (sulfide) groups is 1. The Balaban J connectivity index is 1.79. The number of hydrogen-bond acceptors (Lipinski definition) is 6. The molecule has 0 unspecified atom stereocenters. The molecule has 0 aliphatic carbocycles. The first-order valence-electron chi connectivity index (χ1n) is 8.51. The first kappa shape index (κ1) is 20.5. The molecule has 0 aliphatic rings. The monoisotopic (exact) mass is 452 g/mol. The SMILES string of the molecule is Cc1cc(F)c(-n2cnc3nc(-c4cccnc4)sc3c2=O)cc1SCC(F)(F)F. The number of pyridine rings is 1. The lowest BCUT2D eigenvalue weighted by Gasteiger charge is -2.12. The van der Waals surface area contributed by atoms with Gasteiger partial charge in [-0.1, -0.05) is 0 Å². The number of thiazole rings is 1. The van der Waals surface area contributed by atoms with Crippen LogP contribution in [0.3, 0.4) is 0 Å². The summed E-state index contributed by atoms with van der Waals surface area (Å²) in [7, 11) is 0. The molecule has 5 nitrogen and oxygen atoms in total. The Morgan fingerprint density at radius 1 is 1.27 bits per heavy atom. The molecule has 3 heterocycles.